The maximum absolute atomic E-state index is 11.9. The zero-order valence-corrected chi connectivity index (χ0v) is 9.52. The summed E-state index contributed by atoms with van der Waals surface area (Å²) < 4.78 is 0. The van der Waals surface area contributed by atoms with E-state index in [4.69, 9.17) is 5.73 Å². The zero-order valence-electron chi connectivity index (χ0n) is 9.52. The van der Waals surface area contributed by atoms with Crippen molar-refractivity contribution in [3.63, 3.8) is 0 Å². The van der Waals surface area contributed by atoms with E-state index < -0.39 is 0 Å². The highest BCUT2D eigenvalue weighted by Crippen LogP contribution is 2.16. The molecule has 86 valence electrons. The van der Waals surface area contributed by atoms with Crippen molar-refractivity contribution in [2.45, 2.75) is 32.4 Å². The molecular weight excluding hydrogens is 202 g/mol. The van der Waals surface area contributed by atoms with Gasteiger partial charge >= 0.3 is 0 Å². The molecule has 1 aromatic heterocycles. The predicted molar refractivity (Wildman–Crippen MR) is 61.6 cm³/mol. The summed E-state index contributed by atoms with van der Waals surface area (Å²) in [5.41, 5.74) is 8.01. The number of carbonyl (C=O) groups is 1. The molecule has 2 rings (SSSR count). The molecule has 1 aromatic rings. The van der Waals surface area contributed by atoms with Crippen LogP contribution in [-0.2, 0) is 17.8 Å². The number of hydrogen-bond donors (Lipinski definition) is 1. The summed E-state index contributed by atoms with van der Waals surface area (Å²) in [5, 5.41) is 0. The Balaban J connectivity index is 2.11. The summed E-state index contributed by atoms with van der Waals surface area (Å²) in [6.45, 7) is 3.31. The summed E-state index contributed by atoms with van der Waals surface area (Å²) >= 11 is 0. The molecule has 16 heavy (non-hydrogen) atoms. The van der Waals surface area contributed by atoms with Gasteiger partial charge in [0.2, 0.25) is 5.91 Å². The van der Waals surface area contributed by atoms with E-state index in [9.17, 15) is 4.79 Å². The van der Waals surface area contributed by atoms with Crippen LogP contribution in [0.3, 0.4) is 0 Å². The van der Waals surface area contributed by atoms with Crippen LogP contribution in [0.5, 0.6) is 0 Å². The Morgan fingerprint density at radius 3 is 3.25 bits per heavy atom. The van der Waals surface area contributed by atoms with E-state index in [0.29, 0.717) is 13.0 Å². The van der Waals surface area contributed by atoms with E-state index in [-0.39, 0.29) is 11.9 Å². The van der Waals surface area contributed by atoms with Crippen LogP contribution in [0, 0.1) is 0 Å². The molecule has 0 radical (unpaired) electrons. The first-order valence-corrected chi connectivity index (χ1v) is 5.69. The molecule has 0 fully saturated rings. The molecule has 0 spiro atoms. The standard InChI is InChI=1S/C12H17N3O/c1-2-10(13)12(16)15-7-5-11-9(8-15)4-3-6-14-11/h3-4,6,10H,2,5,7-8,13H2,1H3. The van der Waals surface area contributed by atoms with Gasteiger partial charge in [0, 0.05) is 31.4 Å². The van der Waals surface area contributed by atoms with Crippen molar-refractivity contribution in [1.82, 2.24) is 9.88 Å². The van der Waals surface area contributed by atoms with Crippen LogP contribution in [-0.4, -0.2) is 28.4 Å². The highest BCUT2D eigenvalue weighted by Gasteiger charge is 2.24. The van der Waals surface area contributed by atoms with Crippen molar-refractivity contribution in [3.05, 3.63) is 29.6 Å². The normalized spacial score (nSPS) is 16.8. The Morgan fingerprint density at radius 2 is 2.50 bits per heavy atom. The maximum atomic E-state index is 11.9. The van der Waals surface area contributed by atoms with Crippen molar-refractivity contribution in [3.8, 4) is 0 Å². The van der Waals surface area contributed by atoms with E-state index in [2.05, 4.69) is 4.98 Å². The molecule has 0 saturated heterocycles. The van der Waals surface area contributed by atoms with Crippen molar-refractivity contribution in [2.75, 3.05) is 6.54 Å². The molecule has 0 aromatic carbocycles. The quantitative estimate of drug-likeness (QED) is 0.796. The first-order valence-electron chi connectivity index (χ1n) is 5.69. The van der Waals surface area contributed by atoms with Crippen LogP contribution in [0.25, 0.3) is 0 Å². The SMILES string of the molecule is CCC(N)C(=O)N1CCc2ncccc2C1. The highest BCUT2D eigenvalue weighted by molar-refractivity contribution is 5.81. The van der Waals surface area contributed by atoms with Crippen LogP contribution in [0.15, 0.2) is 18.3 Å². The number of amides is 1. The fourth-order valence-corrected chi connectivity index (χ4v) is 1.96. The molecule has 1 aliphatic rings. The Hall–Kier alpha value is -1.42. The monoisotopic (exact) mass is 219 g/mol. The molecule has 1 atom stereocenters. The van der Waals surface area contributed by atoms with Gasteiger partial charge in [-0.1, -0.05) is 13.0 Å². The third kappa shape index (κ3) is 2.07. The van der Waals surface area contributed by atoms with Crippen LogP contribution in [0.1, 0.15) is 24.6 Å². The summed E-state index contributed by atoms with van der Waals surface area (Å²) in [7, 11) is 0. The number of aromatic nitrogens is 1. The summed E-state index contributed by atoms with van der Waals surface area (Å²) in [4.78, 5) is 18.1. The Kier molecular flexibility index (Phi) is 3.19. The Labute approximate surface area is 95.5 Å². The van der Waals surface area contributed by atoms with E-state index >= 15 is 0 Å². The van der Waals surface area contributed by atoms with Crippen molar-refractivity contribution < 1.29 is 4.79 Å². The summed E-state index contributed by atoms with van der Waals surface area (Å²) in [6, 6.07) is 3.57. The van der Waals surface area contributed by atoms with Crippen molar-refractivity contribution in [2.24, 2.45) is 5.73 Å². The molecule has 0 saturated carbocycles. The number of nitrogens with zero attached hydrogens (tertiary/aromatic N) is 2. The van der Waals surface area contributed by atoms with Gasteiger partial charge < -0.3 is 10.6 Å². The predicted octanol–water partition coefficient (Wildman–Crippen LogP) is 0.704. The van der Waals surface area contributed by atoms with Crippen molar-refractivity contribution >= 4 is 5.91 Å². The van der Waals surface area contributed by atoms with Crippen LogP contribution >= 0.6 is 0 Å². The van der Waals surface area contributed by atoms with E-state index in [1.165, 1.54) is 0 Å². The average molecular weight is 219 g/mol. The van der Waals surface area contributed by atoms with Gasteiger partial charge in [-0.05, 0) is 18.1 Å². The minimum absolute atomic E-state index is 0.0528. The largest absolute Gasteiger partial charge is 0.337 e. The molecule has 0 bridgehead atoms. The second-order valence-electron chi connectivity index (χ2n) is 4.13. The first kappa shape index (κ1) is 11.1. The highest BCUT2D eigenvalue weighted by atomic mass is 16.2. The lowest BCUT2D eigenvalue weighted by Crippen LogP contribution is -2.45. The smallest absolute Gasteiger partial charge is 0.239 e. The topological polar surface area (TPSA) is 59.2 Å². The number of fused-ring (bicyclic) bond motifs is 1. The molecule has 4 nitrogen and oxygen atoms in total. The molecule has 1 amide bonds. The second kappa shape index (κ2) is 4.61. The molecule has 2 N–H and O–H groups in total. The van der Waals surface area contributed by atoms with Gasteiger partial charge in [-0.25, -0.2) is 0 Å². The van der Waals surface area contributed by atoms with Crippen LogP contribution in [0.2, 0.25) is 0 Å². The lowest BCUT2D eigenvalue weighted by Gasteiger charge is -2.29. The fourth-order valence-electron chi connectivity index (χ4n) is 1.96. The molecule has 0 aliphatic carbocycles. The fraction of sp³-hybridized carbons (Fsp3) is 0.500. The number of carbonyl (C=O) groups excluding carboxylic acids is 1. The maximum Gasteiger partial charge on any atom is 0.239 e. The minimum Gasteiger partial charge on any atom is -0.337 e. The number of pyridine rings is 1. The Bertz CT molecular complexity index is 392. The lowest BCUT2D eigenvalue weighted by molar-refractivity contribution is -0.133. The Morgan fingerprint density at radius 1 is 1.69 bits per heavy atom. The molecule has 4 heteroatoms. The van der Waals surface area contributed by atoms with Gasteiger partial charge in [-0.15, -0.1) is 0 Å². The molecular formula is C12H17N3O. The van der Waals surface area contributed by atoms with Gasteiger partial charge in [0.1, 0.15) is 0 Å². The van der Waals surface area contributed by atoms with Crippen molar-refractivity contribution in [1.29, 1.82) is 0 Å². The third-order valence-electron chi connectivity index (χ3n) is 3.03. The van der Waals surface area contributed by atoms with Gasteiger partial charge in [0.25, 0.3) is 0 Å². The average Bonchev–Trinajstić information content (AvgIpc) is 2.36. The zero-order chi connectivity index (χ0) is 11.5. The minimum atomic E-state index is -0.363. The number of hydrogen-bond acceptors (Lipinski definition) is 3. The van der Waals surface area contributed by atoms with E-state index in [1.54, 1.807) is 6.20 Å². The van der Waals surface area contributed by atoms with Gasteiger partial charge in [0.05, 0.1) is 6.04 Å². The number of rotatable bonds is 2. The summed E-state index contributed by atoms with van der Waals surface area (Å²) in [6.07, 6.45) is 3.32. The van der Waals surface area contributed by atoms with Gasteiger partial charge in [-0.3, -0.25) is 9.78 Å². The van der Waals surface area contributed by atoms with Gasteiger partial charge in [-0.2, -0.15) is 0 Å². The van der Waals surface area contributed by atoms with E-state index in [0.717, 1.165) is 24.2 Å². The van der Waals surface area contributed by atoms with Crippen LogP contribution < -0.4 is 5.73 Å². The van der Waals surface area contributed by atoms with Crippen LogP contribution in [0.4, 0.5) is 0 Å². The third-order valence-corrected chi connectivity index (χ3v) is 3.03. The lowest BCUT2D eigenvalue weighted by atomic mass is 10.0. The second-order valence-corrected chi connectivity index (χ2v) is 4.13. The first-order chi connectivity index (χ1) is 7.72. The number of nitrogens with two attached hydrogens (primary N) is 1. The van der Waals surface area contributed by atoms with Gasteiger partial charge in [0.15, 0.2) is 0 Å². The summed E-state index contributed by atoms with van der Waals surface area (Å²) in [5.74, 6) is 0.0528. The van der Waals surface area contributed by atoms with E-state index in [1.807, 2.05) is 24.0 Å². The molecule has 2 heterocycles. The molecule has 1 unspecified atom stereocenters. The molecule has 1 aliphatic heterocycles.